The maximum atomic E-state index is 5.04. The van der Waals surface area contributed by atoms with Gasteiger partial charge < -0.3 is 9.84 Å². The molecule has 0 fully saturated rings. The predicted octanol–water partition coefficient (Wildman–Crippen LogP) is 3.24. The molecule has 2 aromatic rings. The van der Waals surface area contributed by atoms with Gasteiger partial charge in [-0.3, -0.25) is 0 Å². The summed E-state index contributed by atoms with van der Waals surface area (Å²) in [6, 6.07) is 6.42. The molecule has 0 saturated heterocycles. The monoisotopic (exact) mass is 281 g/mol. The quantitative estimate of drug-likeness (QED) is 0.939. The van der Waals surface area contributed by atoms with E-state index < -0.39 is 0 Å². The Balaban J connectivity index is 2.31. The topological polar surface area (TPSA) is 51.0 Å². The van der Waals surface area contributed by atoms with Crippen LogP contribution >= 0.6 is 15.9 Å². The summed E-state index contributed by atoms with van der Waals surface area (Å²) in [5.74, 6) is 0.594. The minimum absolute atomic E-state index is 0.453. The molecule has 0 radical (unpaired) electrons. The van der Waals surface area contributed by atoms with Crippen LogP contribution in [0.4, 0.5) is 6.01 Å². The van der Waals surface area contributed by atoms with Crippen LogP contribution in [0.2, 0.25) is 0 Å². The second kappa shape index (κ2) is 4.65. The number of nitrogens with zero attached hydrogens (tertiary/aromatic N) is 2. The Morgan fingerprint density at radius 2 is 2.25 bits per heavy atom. The summed E-state index contributed by atoms with van der Waals surface area (Å²) < 4.78 is 6.08. The number of aromatic nitrogens is 2. The predicted molar refractivity (Wildman–Crippen MR) is 66.3 cm³/mol. The number of hydrogen-bond donors (Lipinski definition) is 1. The van der Waals surface area contributed by atoms with Gasteiger partial charge in [-0.05, 0) is 25.5 Å². The highest BCUT2D eigenvalue weighted by atomic mass is 79.9. The van der Waals surface area contributed by atoms with Crippen molar-refractivity contribution < 1.29 is 4.52 Å². The van der Waals surface area contributed by atoms with Crippen molar-refractivity contribution in [1.82, 2.24) is 10.1 Å². The van der Waals surface area contributed by atoms with E-state index in [1.165, 1.54) is 5.56 Å². The van der Waals surface area contributed by atoms with Gasteiger partial charge in [-0.2, -0.15) is 4.98 Å². The van der Waals surface area contributed by atoms with Crippen LogP contribution in [0.3, 0.4) is 0 Å². The Morgan fingerprint density at radius 1 is 1.44 bits per heavy atom. The first-order valence-corrected chi connectivity index (χ1v) is 5.84. The van der Waals surface area contributed by atoms with Crippen LogP contribution in [0.5, 0.6) is 0 Å². The van der Waals surface area contributed by atoms with Gasteiger partial charge in [0.2, 0.25) is 5.82 Å². The van der Waals surface area contributed by atoms with Crippen LogP contribution in [0.1, 0.15) is 12.5 Å². The number of aryl methyl sites for hydroxylation is 1. The smallest absolute Gasteiger partial charge is 0.321 e. The lowest BCUT2D eigenvalue weighted by atomic mass is 10.1. The lowest BCUT2D eigenvalue weighted by Crippen LogP contribution is -1.95. The summed E-state index contributed by atoms with van der Waals surface area (Å²) in [4.78, 5) is 4.23. The van der Waals surface area contributed by atoms with E-state index in [0.717, 1.165) is 16.6 Å². The molecular weight excluding hydrogens is 270 g/mol. The molecule has 0 bridgehead atoms. The Kier molecular flexibility index (Phi) is 3.24. The molecular formula is C11H12BrN3O. The second-order valence-corrected chi connectivity index (χ2v) is 4.27. The fourth-order valence-electron chi connectivity index (χ4n) is 1.30. The lowest BCUT2D eigenvalue weighted by Gasteiger charge is -1.99. The van der Waals surface area contributed by atoms with Gasteiger partial charge in [0.25, 0.3) is 0 Å². The number of nitrogens with one attached hydrogen (secondary N) is 1. The molecule has 5 heteroatoms. The van der Waals surface area contributed by atoms with Gasteiger partial charge in [-0.15, -0.1) is 0 Å². The number of hydrogen-bond acceptors (Lipinski definition) is 4. The van der Waals surface area contributed by atoms with Gasteiger partial charge in [0, 0.05) is 16.6 Å². The molecule has 4 nitrogen and oxygen atoms in total. The van der Waals surface area contributed by atoms with Crippen molar-refractivity contribution in [3.05, 3.63) is 28.2 Å². The Bertz CT molecular complexity index is 496. The van der Waals surface area contributed by atoms with Gasteiger partial charge in [0.05, 0.1) is 0 Å². The third-order valence-electron chi connectivity index (χ3n) is 2.18. The van der Waals surface area contributed by atoms with E-state index in [2.05, 4.69) is 31.4 Å². The fraction of sp³-hybridized carbons (Fsp3) is 0.273. The average molecular weight is 282 g/mol. The van der Waals surface area contributed by atoms with Crippen molar-refractivity contribution in [1.29, 1.82) is 0 Å². The molecule has 0 atom stereocenters. The van der Waals surface area contributed by atoms with Crippen LogP contribution < -0.4 is 5.32 Å². The van der Waals surface area contributed by atoms with Crippen molar-refractivity contribution in [2.45, 2.75) is 13.8 Å². The molecule has 16 heavy (non-hydrogen) atoms. The van der Waals surface area contributed by atoms with Gasteiger partial charge in [0.1, 0.15) is 0 Å². The highest BCUT2D eigenvalue weighted by Gasteiger charge is 2.08. The molecule has 1 N–H and O–H groups in total. The summed E-state index contributed by atoms with van der Waals surface area (Å²) in [5, 5.41) is 6.88. The number of rotatable bonds is 3. The molecule has 0 spiro atoms. The van der Waals surface area contributed by atoms with Crippen molar-refractivity contribution in [3.8, 4) is 11.4 Å². The first kappa shape index (κ1) is 11.1. The van der Waals surface area contributed by atoms with Crippen LogP contribution in [-0.2, 0) is 0 Å². The second-order valence-electron chi connectivity index (χ2n) is 3.42. The molecule has 0 aliphatic carbocycles. The van der Waals surface area contributed by atoms with Crippen LogP contribution in [0.15, 0.2) is 27.2 Å². The van der Waals surface area contributed by atoms with Crippen LogP contribution in [-0.4, -0.2) is 16.7 Å². The van der Waals surface area contributed by atoms with E-state index in [4.69, 9.17) is 4.52 Å². The first-order chi connectivity index (χ1) is 7.70. The van der Waals surface area contributed by atoms with Crippen molar-refractivity contribution in [2.75, 3.05) is 11.9 Å². The zero-order valence-electron chi connectivity index (χ0n) is 9.12. The minimum Gasteiger partial charge on any atom is -0.338 e. The van der Waals surface area contributed by atoms with E-state index in [0.29, 0.717) is 11.8 Å². The van der Waals surface area contributed by atoms with Crippen molar-refractivity contribution >= 4 is 21.9 Å². The Labute approximate surface area is 102 Å². The molecule has 0 aliphatic heterocycles. The van der Waals surface area contributed by atoms with Gasteiger partial charge in [-0.1, -0.05) is 33.2 Å². The number of benzene rings is 1. The molecule has 1 aromatic heterocycles. The number of anilines is 1. The Morgan fingerprint density at radius 3 is 2.94 bits per heavy atom. The molecule has 0 unspecified atom stereocenters. The minimum atomic E-state index is 0.453. The number of halogens is 1. The van der Waals surface area contributed by atoms with Crippen molar-refractivity contribution in [3.63, 3.8) is 0 Å². The molecule has 0 amide bonds. The summed E-state index contributed by atoms with van der Waals surface area (Å²) >= 11 is 3.48. The SMILES string of the molecule is CCNc1nc(-c2ccc(C)c(Br)c2)no1. The van der Waals surface area contributed by atoms with Crippen LogP contribution in [0, 0.1) is 6.92 Å². The maximum Gasteiger partial charge on any atom is 0.321 e. The highest BCUT2D eigenvalue weighted by molar-refractivity contribution is 9.10. The van der Waals surface area contributed by atoms with E-state index in [1.54, 1.807) is 0 Å². The molecule has 2 rings (SSSR count). The first-order valence-electron chi connectivity index (χ1n) is 5.05. The van der Waals surface area contributed by atoms with E-state index in [-0.39, 0.29) is 0 Å². The largest absolute Gasteiger partial charge is 0.338 e. The summed E-state index contributed by atoms with van der Waals surface area (Å²) in [6.07, 6.45) is 0. The zero-order valence-corrected chi connectivity index (χ0v) is 10.7. The fourth-order valence-corrected chi connectivity index (χ4v) is 1.67. The van der Waals surface area contributed by atoms with Gasteiger partial charge >= 0.3 is 6.01 Å². The molecule has 0 saturated carbocycles. The van der Waals surface area contributed by atoms with Gasteiger partial charge in [0.15, 0.2) is 0 Å². The summed E-state index contributed by atoms with van der Waals surface area (Å²) in [6.45, 7) is 4.78. The third-order valence-corrected chi connectivity index (χ3v) is 3.04. The third kappa shape index (κ3) is 2.24. The molecule has 1 aromatic carbocycles. The normalized spacial score (nSPS) is 10.4. The molecule has 1 heterocycles. The highest BCUT2D eigenvalue weighted by Crippen LogP contribution is 2.24. The van der Waals surface area contributed by atoms with E-state index in [9.17, 15) is 0 Å². The van der Waals surface area contributed by atoms with E-state index >= 15 is 0 Å². The molecule has 0 aliphatic rings. The summed E-state index contributed by atoms with van der Waals surface area (Å²) in [7, 11) is 0. The average Bonchev–Trinajstić information content (AvgIpc) is 2.71. The molecule has 84 valence electrons. The maximum absolute atomic E-state index is 5.04. The standard InChI is InChI=1S/C11H12BrN3O/c1-3-13-11-14-10(15-16-11)8-5-4-7(2)9(12)6-8/h4-6H,3H2,1-2H3,(H,13,14,15). The zero-order chi connectivity index (χ0) is 11.5. The van der Waals surface area contributed by atoms with Gasteiger partial charge in [-0.25, -0.2) is 0 Å². The summed E-state index contributed by atoms with van der Waals surface area (Å²) in [5.41, 5.74) is 2.12. The van der Waals surface area contributed by atoms with Crippen LogP contribution in [0.25, 0.3) is 11.4 Å². The van der Waals surface area contributed by atoms with E-state index in [1.807, 2.05) is 32.0 Å². The Hall–Kier alpha value is -1.36. The lowest BCUT2D eigenvalue weighted by molar-refractivity contribution is 0.432. The van der Waals surface area contributed by atoms with Crippen molar-refractivity contribution in [2.24, 2.45) is 0 Å².